The van der Waals surface area contributed by atoms with Crippen LogP contribution < -0.4 is 0 Å². The zero-order valence-corrected chi connectivity index (χ0v) is 12.2. The van der Waals surface area contributed by atoms with Crippen LogP contribution in [0.5, 0.6) is 0 Å². The summed E-state index contributed by atoms with van der Waals surface area (Å²) in [5.41, 5.74) is 0. The van der Waals surface area contributed by atoms with Crippen LogP contribution in [-0.2, 0) is 53.8 Å². The first-order valence-electron chi connectivity index (χ1n) is 2.00. The molecule has 0 N–H and O–H groups in total. The zero-order valence-electron chi connectivity index (χ0n) is 6.45. The van der Waals surface area contributed by atoms with Crippen LogP contribution in [0.4, 0.5) is 0 Å². The first-order valence-corrected chi connectivity index (χ1v) is 2.00. The van der Waals surface area contributed by atoms with E-state index in [0.717, 1.165) is 0 Å². The summed E-state index contributed by atoms with van der Waals surface area (Å²) in [6.45, 7) is 0. The average Bonchev–Trinajstić information content (AvgIpc) is 1.72. The van der Waals surface area contributed by atoms with E-state index in [1.165, 1.54) is 0 Å². The van der Waals surface area contributed by atoms with Gasteiger partial charge in [-0.25, -0.2) is 0 Å². The Bertz CT molecular complexity index is 81.2. The summed E-state index contributed by atoms with van der Waals surface area (Å²) in [7, 11) is 0. The Hall–Kier alpha value is 1.01. The van der Waals surface area contributed by atoms with E-state index in [1.807, 2.05) is 36.4 Å². The Labute approximate surface area is 104 Å². The fourth-order valence-electron chi connectivity index (χ4n) is 0.385. The van der Waals surface area contributed by atoms with E-state index in [0.29, 0.717) is 0 Å². The molecular formula is C8H12WY-2. The van der Waals surface area contributed by atoms with E-state index in [1.54, 1.807) is 0 Å². The molecule has 1 radical (unpaired) electrons. The molecule has 2 heteroatoms. The van der Waals surface area contributed by atoms with Crippen molar-refractivity contribution in [2.45, 2.75) is 0 Å². The first kappa shape index (κ1) is 22.5. The summed E-state index contributed by atoms with van der Waals surface area (Å²) in [5, 5.41) is 0. The molecule has 0 aliphatic heterocycles. The van der Waals surface area contributed by atoms with Crippen LogP contribution in [0.15, 0.2) is 36.4 Å². The molecule has 0 heterocycles. The van der Waals surface area contributed by atoms with Gasteiger partial charge in [0, 0.05) is 53.8 Å². The van der Waals surface area contributed by atoms with Crippen LogP contribution in [0.2, 0.25) is 0 Å². The predicted octanol–water partition coefficient (Wildman–Crippen LogP) is 2.58. The van der Waals surface area contributed by atoms with Crippen molar-refractivity contribution >= 4 is 0 Å². The molecule has 0 saturated heterocycles. The molecule has 0 saturated carbocycles. The second-order valence-corrected chi connectivity index (χ2v) is 1.15. The van der Waals surface area contributed by atoms with Crippen LogP contribution >= 0.6 is 0 Å². The SMILES string of the molecule is [CH3-].[CH3-].[W].[Y].c1ccccc1. The Kier molecular flexibility index (Phi) is 37.1. The van der Waals surface area contributed by atoms with Crippen molar-refractivity contribution in [1.82, 2.24) is 0 Å². The van der Waals surface area contributed by atoms with Gasteiger partial charge in [-0.1, -0.05) is 36.4 Å². The second kappa shape index (κ2) is 16.5. The van der Waals surface area contributed by atoms with Gasteiger partial charge in [0.1, 0.15) is 0 Å². The molecule has 0 unspecified atom stereocenters. The minimum Gasteiger partial charge on any atom is -0.358 e. The summed E-state index contributed by atoms with van der Waals surface area (Å²) in [6.07, 6.45) is 0. The molecule has 1 aromatic carbocycles. The van der Waals surface area contributed by atoms with Crippen molar-refractivity contribution in [3.8, 4) is 0 Å². The molecule has 0 bridgehead atoms. The Morgan fingerprint density at radius 1 is 0.500 bits per heavy atom. The predicted molar refractivity (Wildman–Crippen MR) is 39.3 cm³/mol. The van der Waals surface area contributed by atoms with Gasteiger partial charge in [-0.3, -0.25) is 0 Å². The smallest absolute Gasteiger partial charge is 0 e. The second-order valence-electron chi connectivity index (χ2n) is 1.15. The third kappa shape index (κ3) is 11.8. The van der Waals surface area contributed by atoms with Gasteiger partial charge >= 0.3 is 0 Å². The molecule has 0 amide bonds. The normalized spacial score (nSPS) is 4.80. The molecule has 0 spiro atoms. The maximum absolute atomic E-state index is 2.00. The summed E-state index contributed by atoms with van der Waals surface area (Å²) in [6, 6.07) is 12.0. The summed E-state index contributed by atoms with van der Waals surface area (Å²) < 4.78 is 0. The van der Waals surface area contributed by atoms with E-state index < -0.39 is 0 Å². The molecule has 10 heavy (non-hydrogen) atoms. The van der Waals surface area contributed by atoms with Crippen LogP contribution in [0.3, 0.4) is 0 Å². The van der Waals surface area contributed by atoms with Crippen molar-refractivity contribution in [3.63, 3.8) is 0 Å². The van der Waals surface area contributed by atoms with Gasteiger partial charge in [-0.05, 0) is 0 Å². The van der Waals surface area contributed by atoms with Gasteiger partial charge in [-0.15, -0.1) is 0 Å². The minimum atomic E-state index is 0. The topological polar surface area (TPSA) is 0 Å². The minimum absolute atomic E-state index is 0. The zero-order chi connectivity index (χ0) is 4.24. The van der Waals surface area contributed by atoms with Crippen LogP contribution in [0.1, 0.15) is 0 Å². The van der Waals surface area contributed by atoms with Gasteiger partial charge in [-0.2, -0.15) is 0 Å². The van der Waals surface area contributed by atoms with E-state index in [-0.39, 0.29) is 68.6 Å². The Balaban J connectivity index is -0.0000000450. The summed E-state index contributed by atoms with van der Waals surface area (Å²) in [4.78, 5) is 0. The van der Waals surface area contributed by atoms with Gasteiger partial charge in [0.2, 0.25) is 0 Å². The quantitative estimate of drug-likeness (QED) is 0.607. The monoisotopic (exact) mass is 381 g/mol. The first-order chi connectivity index (χ1) is 3.00. The van der Waals surface area contributed by atoms with Crippen molar-refractivity contribution in [1.29, 1.82) is 0 Å². The van der Waals surface area contributed by atoms with Gasteiger partial charge < -0.3 is 14.9 Å². The van der Waals surface area contributed by atoms with Crippen LogP contribution in [0.25, 0.3) is 0 Å². The van der Waals surface area contributed by atoms with E-state index in [2.05, 4.69) is 0 Å². The maximum atomic E-state index is 2.00. The van der Waals surface area contributed by atoms with Crippen molar-refractivity contribution in [2.24, 2.45) is 0 Å². The molecular weight excluding hydrogens is 369 g/mol. The molecule has 1 aromatic rings. The molecule has 0 aliphatic carbocycles. The number of hydrogen-bond donors (Lipinski definition) is 0. The van der Waals surface area contributed by atoms with Gasteiger partial charge in [0.25, 0.3) is 0 Å². The number of benzene rings is 1. The third-order valence-electron chi connectivity index (χ3n) is 0.667. The summed E-state index contributed by atoms with van der Waals surface area (Å²) in [5.74, 6) is 0. The molecule has 0 fully saturated rings. The average molecular weight is 381 g/mol. The molecule has 0 aliphatic rings. The standard InChI is InChI=1S/C6H6.2CH3.W.Y/c1-2-4-6-5-3-1;;;;/h1-6H;2*1H3;;/q;2*-1;;. The molecule has 0 aromatic heterocycles. The fourth-order valence-corrected chi connectivity index (χ4v) is 0.385. The van der Waals surface area contributed by atoms with Crippen molar-refractivity contribution in [2.75, 3.05) is 0 Å². The largest absolute Gasteiger partial charge is 0.358 e. The number of hydrogen-bond acceptors (Lipinski definition) is 0. The van der Waals surface area contributed by atoms with E-state index in [9.17, 15) is 0 Å². The van der Waals surface area contributed by atoms with E-state index >= 15 is 0 Å². The molecule has 0 atom stereocenters. The Morgan fingerprint density at radius 2 is 0.600 bits per heavy atom. The van der Waals surface area contributed by atoms with Gasteiger partial charge in [0.05, 0.1) is 0 Å². The van der Waals surface area contributed by atoms with Crippen LogP contribution in [-0.4, -0.2) is 0 Å². The Morgan fingerprint density at radius 3 is 0.700 bits per heavy atom. The maximum Gasteiger partial charge on any atom is 0 e. The van der Waals surface area contributed by atoms with Crippen LogP contribution in [0, 0.1) is 14.9 Å². The number of rotatable bonds is 0. The molecule has 55 valence electrons. The third-order valence-corrected chi connectivity index (χ3v) is 0.667. The van der Waals surface area contributed by atoms with E-state index in [4.69, 9.17) is 0 Å². The van der Waals surface area contributed by atoms with Gasteiger partial charge in [0.15, 0.2) is 0 Å². The fraction of sp³-hybridized carbons (Fsp3) is 0. The van der Waals surface area contributed by atoms with Crippen molar-refractivity contribution < 1.29 is 53.8 Å². The molecule has 0 nitrogen and oxygen atoms in total. The molecule has 1 rings (SSSR count). The van der Waals surface area contributed by atoms with Crippen molar-refractivity contribution in [3.05, 3.63) is 51.3 Å². The summed E-state index contributed by atoms with van der Waals surface area (Å²) >= 11 is 0.